The van der Waals surface area contributed by atoms with Gasteiger partial charge >= 0.3 is 5.97 Å². The summed E-state index contributed by atoms with van der Waals surface area (Å²) >= 11 is 0. The lowest BCUT2D eigenvalue weighted by molar-refractivity contribution is -0.140. The van der Waals surface area contributed by atoms with E-state index in [9.17, 15) is 9.90 Å². The zero-order chi connectivity index (χ0) is 24.9. The molecule has 7 heteroatoms. The van der Waals surface area contributed by atoms with Crippen LogP contribution in [0.2, 0.25) is 0 Å². The Kier molecular flexibility index (Phi) is 7.48. The van der Waals surface area contributed by atoms with Crippen molar-refractivity contribution in [3.63, 3.8) is 0 Å². The first-order valence-electron chi connectivity index (χ1n) is 11.4. The monoisotopic (exact) mass is 477 g/mol. The van der Waals surface area contributed by atoms with Crippen molar-refractivity contribution in [1.82, 2.24) is 5.32 Å². The molecule has 1 atom stereocenters. The number of carboxylic acids is 1. The van der Waals surface area contributed by atoms with Crippen LogP contribution in [0, 0.1) is 19.7 Å². The summed E-state index contributed by atoms with van der Waals surface area (Å²) < 4.78 is 26.2. The number of nitrogens with one attached hydrogen (secondary N) is 1. The lowest BCUT2D eigenvalue weighted by atomic mass is 9.94. The molecule has 0 unspecified atom stereocenters. The summed E-state index contributed by atoms with van der Waals surface area (Å²) in [6.07, 6.45) is 3.98. The summed E-state index contributed by atoms with van der Waals surface area (Å²) in [5.41, 5.74) is 6.07. The van der Waals surface area contributed by atoms with Gasteiger partial charge in [-0.25, -0.2) is 4.39 Å². The van der Waals surface area contributed by atoms with Gasteiger partial charge in [-0.05, 0) is 59.4 Å². The lowest BCUT2D eigenvalue weighted by Gasteiger charge is -2.20. The molecular weight excluding hydrogens is 449 g/mol. The molecule has 3 aromatic rings. The topological polar surface area (TPSA) is 88.0 Å². The molecular formula is C28H28FNO5. The van der Waals surface area contributed by atoms with E-state index in [0.29, 0.717) is 31.1 Å². The number of hydrogen-bond acceptors (Lipinski definition) is 5. The molecule has 0 fully saturated rings. The minimum absolute atomic E-state index is 0.154. The van der Waals surface area contributed by atoms with Crippen molar-refractivity contribution < 1.29 is 28.9 Å². The van der Waals surface area contributed by atoms with Gasteiger partial charge in [0.15, 0.2) is 17.3 Å². The van der Waals surface area contributed by atoms with Crippen LogP contribution >= 0.6 is 0 Å². The van der Waals surface area contributed by atoms with Crippen molar-refractivity contribution >= 4 is 18.1 Å². The van der Waals surface area contributed by atoms with Crippen molar-refractivity contribution in [2.45, 2.75) is 26.4 Å². The summed E-state index contributed by atoms with van der Waals surface area (Å²) in [5, 5.41) is 21.1. The van der Waals surface area contributed by atoms with Crippen LogP contribution in [0.1, 0.15) is 27.8 Å². The number of aliphatic carboxylic acids is 1. The van der Waals surface area contributed by atoms with Crippen LogP contribution in [0.3, 0.4) is 0 Å². The molecule has 1 aliphatic heterocycles. The van der Waals surface area contributed by atoms with Crippen molar-refractivity contribution in [2.24, 2.45) is 0 Å². The highest BCUT2D eigenvalue weighted by Crippen LogP contribution is 2.39. The van der Waals surface area contributed by atoms with Gasteiger partial charge in [-0.15, -0.1) is 0 Å². The number of halogens is 1. The molecule has 3 N–H and O–H groups in total. The second kappa shape index (κ2) is 10.7. The number of carbonyl (C=O) groups is 1. The Morgan fingerprint density at radius 2 is 1.83 bits per heavy atom. The Balaban J connectivity index is 1.59. The van der Waals surface area contributed by atoms with E-state index in [0.717, 1.165) is 33.4 Å². The number of aliphatic hydroxyl groups is 1. The quantitative estimate of drug-likeness (QED) is 0.412. The minimum atomic E-state index is -1.09. The SMILES string of the molecule is Cc1ccc(CN[C@@H](CO)C(=O)O)cc1/C=C/c1cccc(-c2ccc3c(c2F)OCCO3)c1C. The van der Waals surface area contributed by atoms with Crippen LogP contribution in [-0.4, -0.2) is 42.0 Å². The molecule has 35 heavy (non-hydrogen) atoms. The summed E-state index contributed by atoms with van der Waals surface area (Å²) in [4.78, 5) is 11.1. The molecule has 0 radical (unpaired) electrons. The zero-order valence-corrected chi connectivity index (χ0v) is 19.7. The third-order valence-corrected chi connectivity index (χ3v) is 6.13. The summed E-state index contributed by atoms with van der Waals surface area (Å²) in [6.45, 7) is 4.52. The van der Waals surface area contributed by atoms with Crippen molar-refractivity contribution in [3.05, 3.63) is 82.2 Å². The number of hydrogen-bond donors (Lipinski definition) is 3. The van der Waals surface area contributed by atoms with Crippen LogP contribution in [-0.2, 0) is 11.3 Å². The highest BCUT2D eigenvalue weighted by atomic mass is 19.1. The number of aliphatic hydroxyl groups excluding tert-OH is 1. The lowest BCUT2D eigenvalue weighted by Crippen LogP contribution is -2.39. The summed E-state index contributed by atoms with van der Waals surface area (Å²) in [6, 6.07) is 14.1. The van der Waals surface area contributed by atoms with Gasteiger partial charge in [-0.1, -0.05) is 48.6 Å². The van der Waals surface area contributed by atoms with E-state index in [-0.39, 0.29) is 5.75 Å². The fraction of sp³-hybridized carbons (Fsp3) is 0.250. The molecule has 0 saturated heterocycles. The fourth-order valence-corrected chi connectivity index (χ4v) is 4.05. The molecule has 1 heterocycles. The summed E-state index contributed by atoms with van der Waals surface area (Å²) in [5.74, 6) is -0.944. The van der Waals surface area contributed by atoms with E-state index in [1.807, 2.05) is 62.4 Å². The van der Waals surface area contributed by atoms with Gasteiger partial charge in [0, 0.05) is 12.1 Å². The van der Waals surface area contributed by atoms with Crippen molar-refractivity contribution in [1.29, 1.82) is 0 Å². The highest BCUT2D eigenvalue weighted by Gasteiger charge is 2.21. The van der Waals surface area contributed by atoms with Crippen LogP contribution in [0.5, 0.6) is 11.5 Å². The van der Waals surface area contributed by atoms with Gasteiger partial charge in [0.05, 0.1) is 6.61 Å². The number of benzene rings is 3. The molecule has 0 aliphatic carbocycles. The number of aryl methyl sites for hydroxylation is 1. The first kappa shape index (κ1) is 24.4. The molecule has 1 aliphatic rings. The third-order valence-electron chi connectivity index (χ3n) is 6.13. The Morgan fingerprint density at radius 1 is 1.06 bits per heavy atom. The Labute approximate surface area is 203 Å². The van der Waals surface area contributed by atoms with Gasteiger partial charge < -0.3 is 19.7 Å². The van der Waals surface area contributed by atoms with Crippen LogP contribution in [0.25, 0.3) is 23.3 Å². The molecule has 182 valence electrons. The van der Waals surface area contributed by atoms with Gasteiger partial charge in [-0.2, -0.15) is 0 Å². The second-order valence-electron chi connectivity index (χ2n) is 8.45. The molecule has 0 aromatic heterocycles. The maximum absolute atomic E-state index is 15.2. The van der Waals surface area contributed by atoms with Crippen LogP contribution in [0.4, 0.5) is 4.39 Å². The Bertz CT molecular complexity index is 1270. The van der Waals surface area contributed by atoms with Crippen LogP contribution in [0.15, 0.2) is 48.5 Å². The Morgan fingerprint density at radius 3 is 2.60 bits per heavy atom. The number of rotatable bonds is 8. The van der Waals surface area contributed by atoms with E-state index < -0.39 is 24.4 Å². The van der Waals surface area contributed by atoms with E-state index in [2.05, 4.69) is 5.32 Å². The van der Waals surface area contributed by atoms with E-state index in [4.69, 9.17) is 14.6 Å². The van der Waals surface area contributed by atoms with Crippen LogP contribution < -0.4 is 14.8 Å². The average molecular weight is 478 g/mol. The number of carboxylic acid groups (broad SMARTS) is 1. The smallest absolute Gasteiger partial charge is 0.323 e. The first-order valence-corrected chi connectivity index (χ1v) is 11.4. The third kappa shape index (κ3) is 5.37. The van der Waals surface area contributed by atoms with E-state index >= 15 is 4.39 Å². The van der Waals surface area contributed by atoms with Crippen molar-refractivity contribution in [3.8, 4) is 22.6 Å². The normalized spacial score (nSPS) is 13.7. The van der Waals surface area contributed by atoms with Gasteiger partial charge in [0.1, 0.15) is 19.3 Å². The molecule has 0 spiro atoms. The minimum Gasteiger partial charge on any atom is -0.486 e. The predicted molar refractivity (Wildman–Crippen MR) is 133 cm³/mol. The van der Waals surface area contributed by atoms with Gasteiger partial charge in [-0.3, -0.25) is 10.1 Å². The largest absolute Gasteiger partial charge is 0.486 e. The molecule has 0 bridgehead atoms. The number of fused-ring (bicyclic) bond motifs is 1. The Hall–Kier alpha value is -3.68. The van der Waals surface area contributed by atoms with E-state index in [1.54, 1.807) is 12.1 Å². The maximum Gasteiger partial charge on any atom is 0.323 e. The predicted octanol–water partition coefficient (Wildman–Crippen LogP) is 4.59. The van der Waals surface area contributed by atoms with Gasteiger partial charge in [0.25, 0.3) is 0 Å². The first-order chi connectivity index (χ1) is 16.9. The van der Waals surface area contributed by atoms with Crippen molar-refractivity contribution in [2.75, 3.05) is 19.8 Å². The highest BCUT2D eigenvalue weighted by molar-refractivity contribution is 5.79. The molecule has 3 aromatic carbocycles. The molecule has 4 rings (SSSR count). The maximum atomic E-state index is 15.2. The standard InChI is InChI=1S/C28H28FNO5/c1-17-6-7-19(15-30-24(16-31)28(32)33)14-21(17)9-8-20-4-3-5-22(18(20)2)23-10-11-25-27(26(23)29)35-13-12-34-25/h3-11,14,24,30-31H,12-13,15-16H2,1-2H3,(H,32,33)/b9-8+/t24-/m0/s1. The molecule has 6 nitrogen and oxygen atoms in total. The molecule has 0 amide bonds. The zero-order valence-electron chi connectivity index (χ0n) is 19.7. The summed E-state index contributed by atoms with van der Waals surface area (Å²) in [7, 11) is 0. The average Bonchev–Trinajstić information content (AvgIpc) is 2.86. The second-order valence-corrected chi connectivity index (χ2v) is 8.45. The molecule has 0 saturated carbocycles. The number of ether oxygens (including phenoxy) is 2. The fourth-order valence-electron chi connectivity index (χ4n) is 4.05. The van der Waals surface area contributed by atoms with Gasteiger partial charge in [0.2, 0.25) is 0 Å². The van der Waals surface area contributed by atoms with E-state index in [1.165, 1.54) is 0 Å².